The van der Waals surface area contributed by atoms with Crippen LogP contribution in [0.4, 0.5) is 5.69 Å². The molecule has 2 saturated carbocycles. The van der Waals surface area contributed by atoms with E-state index in [1.807, 2.05) is 6.07 Å². The van der Waals surface area contributed by atoms with Crippen LogP contribution < -0.4 is 11.1 Å². The van der Waals surface area contributed by atoms with E-state index in [0.29, 0.717) is 18.0 Å². The molecule has 106 valence electrons. The van der Waals surface area contributed by atoms with Crippen LogP contribution in [0.25, 0.3) is 11.1 Å². The SMILES string of the molecule is NC1CCCC(Nc2ccc3oc(C4CC4)nc3c2)C1. The molecule has 0 bridgehead atoms. The Morgan fingerprint density at radius 3 is 2.90 bits per heavy atom. The van der Waals surface area contributed by atoms with Crippen molar-refractivity contribution < 1.29 is 4.42 Å². The number of nitrogens with one attached hydrogen (secondary N) is 1. The van der Waals surface area contributed by atoms with Crippen LogP contribution in [-0.4, -0.2) is 17.1 Å². The lowest BCUT2D eigenvalue weighted by Gasteiger charge is -2.28. The van der Waals surface area contributed by atoms with Gasteiger partial charge in [-0.25, -0.2) is 4.98 Å². The molecule has 1 aromatic carbocycles. The van der Waals surface area contributed by atoms with Crippen molar-refractivity contribution in [1.29, 1.82) is 0 Å². The summed E-state index contributed by atoms with van der Waals surface area (Å²) in [6.45, 7) is 0. The zero-order valence-electron chi connectivity index (χ0n) is 11.6. The van der Waals surface area contributed by atoms with E-state index < -0.39 is 0 Å². The molecule has 0 spiro atoms. The van der Waals surface area contributed by atoms with Gasteiger partial charge in [-0.2, -0.15) is 0 Å². The maximum absolute atomic E-state index is 6.05. The summed E-state index contributed by atoms with van der Waals surface area (Å²) in [5, 5.41) is 3.60. The lowest BCUT2D eigenvalue weighted by molar-refractivity contribution is 0.409. The van der Waals surface area contributed by atoms with Gasteiger partial charge in [0, 0.05) is 23.7 Å². The van der Waals surface area contributed by atoms with E-state index in [1.165, 1.54) is 25.7 Å². The fraction of sp³-hybridized carbons (Fsp3) is 0.562. The summed E-state index contributed by atoms with van der Waals surface area (Å²) in [6, 6.07) is 7.05. The molecule has 4 nitrogen and oxygen atoms in total. The van der Waals surface area contributed by atoms with Crippen LogP contribution in [0.15, 0.2) is 22.6 Å². The highest BCUT2D eigenvalue weighted by atomic mass is 16.3. The normalized spacial score (nSPS) is 26.9. The number of fused-ring (bicyclic) bond motifs is 1. The molecule has 3 N–H and O–H groups in total. The van der Waals surface area contributed by atoms with Gasteiger partial charge >= 0.3 is 0 Å². The topological polar surface area (TPSA) is 64.1 Å². The smallest absolute Gasteiger partial charge is 0.198 e. The van der Waals surface area contributed by atoms with E-state index in [4.69, 9.17) is 10.2 Å². The van der Waals surface area contributed by atoms with Crippen LogP contribution in [0.1, 0.15) is 50.3 Å². The highest BCUT2D eigenvalue weighted by molar-refractivity contribution is 5.77. The van der Waals surface area contributed by atoms with Crippen molar-refractivity contribution in [3.05, 3.63) is 24.1 Å². The number of nitrogens with zero attached hydrogens (tertiary/aromatic N) is 1. The Morgan fingerprint density at radius 2 is 2.10 bits per heavy atom. The summed E-state index contributed by atoms with van der Waals surface area (Å²) in [5.41, 5.74) is 9.05. The average Bonchev–Trinajstić information content (AvgIpc) is 3.19. The predicted molar refractivity (Wildman–Crippen MR) is 79.8 cm³/mol. The third kappa shape index (κ3) is 2.40. The number of nitrogens with two attached hydrogens (primary N) is 1. The lowest BCUT2D eigenvalue weighted by atomic mass is 9.91. The molecule has 2 aromatic rings. The molecule has 0 amide bonds. The molecule has 2 aliphatic carbocycles. The molecule has 1 aromatic heterocycles. The molecular weight excluding hydrogens is 250 g/mol. The zero-order valence-corrected chi connectivity index (χ0v) is 11.6. The Hall–Kier alpha value is -1.55. The standard InChI is InChI=1S/C16H21N3O/c17-11-2-1-3-12(8-11)18-13-6-7-15-14(9-13)19-16(20-15)10-4-5-10/h6-7,9-12,18H,1-5,8,17H2. The summed E-state index contributed by atoms with van der Waals surface area (Å²) >= 11 is 0. The number of benzene rings is 1. The Kier molecular flexibility index (Phi) is 2.91. The van der Waals surface area contributed by atoms with Crippen molar-refractivity contribution in [3.8, 4) is 0 Å². The van der Waals surface area contributed by atoms with Crippen LogP contribution in [0.2, 0.25) is 0 Å². The minimum Gasteiger partial charge on any atom is -0.440 e. The van der Waals surface area contributed by atoms with Gasteiger partial charge in [-0.15, -0.1) is 0 Å². The average molecular weight is 271 g/mol. The van der Waals surface area contributed by atoms with Crippen LogP contribution in [0, 0.1) is 0 Å². The van der Waals surface area contributed by atoms with E-state index in [9.17, 15) is 0 Å². The summed E-state index contributed by atoms with van der Waals surface area (Å²) in [7, 11) is 0. The molecule has 20 heavy (non-hydrogen) atoms. The minimum absolute atomic E-state index is 0.346. The summed E-state index contributed by atoms with van der Waals surface area (Å²) in [6.07, 6.45) is 7.08. The maximum Gasteiger partial charge on any atom is 0.198 e. The second kappa shape index (κ2) is 4.77. The van der Waals surface area contributed by atoms with E-state index >= 15 is 0 Å². The highest BCUT2D eigenvalue weighted by Gasteiger charge is 2.29. The van der Waals surface area contributed by atoms with Crippen molar-refractivity contribution in [3.63, 3.8) is 0 Å². The molecule has 2 aliphatic rings. The Labute approximate surface area is 118 Å². The van der Waals surface area contributed by atoms with Crippen LogP contribution in [0.5, 0.6) is 0 Å². The number of anilines is 1. The first kappa shape index (κ1) is 12.2. The summed E-state index contributed by atoms with van der Waals surface area (Å²) < 4.78 is 5.80. The molecule has 2 atom stereocenters. The second-order valence-electron chi connectivity index (χ2n) is 6.28. The molecule has 0 saturated heterocycles. The Bertz CT molecular complexity index is 617. The Balaban J connectivity index is 1.53. The highest BCUT2D eigenvalue weighted by Crippen LogP contribution is 2.40. The monoisotopic (exact) mass is 271 g/mol. The van der Waals surface area contributed by atoms with E-state index in [2.05, 4.69) is 22.4 Å². The number of rotatable bonds is 3. The van der Waals surface area contributed by atoms with Gasteiger partial charge < -0.3 is 15.5 Å². The minimum atomic E-state index is 0.346. The third-order valence-electron chi connectivity index (χ3n) is 4.42. The van der Waals surface area contributed by atoms with E-state index in [1.54, 1.807) is 0 Å². The van der Waals surface area contributed by atoms with Gasteiger partial charge in [0.05, 0.1) is 0 Å². The van der Waals surface area contributed by atoms with Crippen molar-refractivity contribution in [2.24, 2.45) is 5.73 Å². The molecule has 2 unspecified atom stereocenters. The number of aromatic nitrogens is 1. The largest absolute Gasteiger partial charge is 0.440 e. The van der Waals surface area contributed by atoms with Crippen LogP contribution in [-0.2, 0) is 0 Å². The molecular formula is C16H21N3O. The molecule has 4 rings (SSSR count). The molecule has 0 aliphatic heterocycles. The van der Waals surface area contributed by atoms with Crippen molar-refractivity contribution in [2.75, 3.05) is 5.32 Å². The first-order chi connectivity index (χ1) is 9.78. The second-order valence-corrected chi connectivity index (χ2v) is 6.28. The lowest BCUT2D eigenvalue weighted by Crippen LogP contribution is -2.34. The molecule has 1 heterocycles. The van der Waals surface area contributed by atoms with E-state index in [-0.39, 0.29) is 0 Å². The summed E-state index contributed by atoms with van der Waals surface area (Å²) in [4.78, 5) is 4.61. The van der Waals surface area contributed by atoms with Gasteiger partial charge in [0.25, 0.3) is 0 Å². The first-order valence-electron chi connectivity index (χ1n) is 7.70. The van der Waals surface area contributed by atoms with E-state index in [0.717, 1.165) is 35.5 Å². The van der Waals surface area contributed by atoms with Crippen molar-refractivity contribution in [2.45, 2.75) is 56.5 Å². The van der Waals surface area contributed by atoms with Crippen LogP contribution >= 0.6 is 0 Å². The van der Waals surface area contributed by atoms with Gasteiger partial charge in [0.1, 0.15) is 5.52 Å². The quantitative estimate of drug-likeness (QED) is 0.898. The van der Waals surface area contributed by atoms with Crippen molar-refractivity contribution in [1.82, 2.24) is 4.98 Å². The van der Waals surface area contributed by atoms with Crippen LogP contribution in [0.3, 0.4) is 0 Å². The van der Waals surface area contributed by atoms with Gasteiger partial charge in [-0.3, -0.25) is 0 Å². The molecule has 4 heteroatoms. The predicted octanol–water partition coefficient (Wildman–Crippen LogP) is 3.39. The number of oxazole rings is 1. The van der Waals surface area contributed by atoms with Gasteiger partial charge in [-0.05, 0) is 56.7 Å². The van der Waals surface area contributed by atoms with Gasteiger partial charge in [0.2, 0.25) is 0 Å². The third-order valence-corrected chi connectivity index (χ3v) is 4.42. The number of hydrogen-bond acceptors (Lipinski definition) is 4. The molecule has 2 fully saturated rings. The van der Waals surface area contributed by atoms with Gasteiger partial charge in [-0.1, -0.05) is 0 Å². The fourth-order valence-electron chi connectivity index (χ4n) is 3.13. The summed E-state index contributed by atoms with van der Waals surface area (Å²) in [5.74, 6) is 1.48. The maximum atomic E-state index is 6.05. The zero-order chi connectivity index (χ0) is 13.5. The number of hydrogen-bond donors (Lipinski definition) is 2. The van der Waals surface area contributed by atoms with Gasteiger partial charge in [0.15, 0.2) is 11.5 Å². The fourth-order valence-corrected chi connectivity index (χ4v) is 3.13. The first-order valence-corrected chi connectivity index (χ1v) is 7.70. The molecule has 0 radical (unpaired) electrons. The van der Waals surface area contributed by atoms with Crippen molar-refractivity contribution >= 4 is 16.8 Å². The Morgan fingerprint density at radius 1 is 1.20 bits per heavy atom.